The Balaban J connectivity index is 1.18. The summed E-state index contributed by atoms with van der Waals surface area (Å²) in [7, 11) is 1.59. The fourth-order valence-corrected chi connectivity index (χ4v) is 5.32. The van der Waals surface area contributed by atoms with E-state index in [1.807, 2.05) is 48.7 Å². The molecule has 2 aromatic heterocycles. The molecular formula is C30H30FN3O2. The Morgan fingerprint density at radius 1 is 0.972 bits per heavy atom. The zero-order valence-electron chi connectivity index (χ0n) is 20.6. The number of rotatable bonds is 6. The number of pyridine rings is 2. The first-order valence-corrected chi connectivity index (χ1v) is 12.5. The summed E-state index contributed by atoms with van der Waals surface area (Å²) in [5.41, 5.74) is 4.63. The minimum absolute atomic E-state index is 0.0559. The zero-order chi connectivity index (χ0) is 25.1. The van der Waals surface area contributed by atoms with Crippen LogP contribution < -0.4 is 10.1 Å². The first-order valence-electron chi connectivity index (χ1n) is 12.5. The molecule has 0 spiro atoms. The summed E-state index contributed by atoms with van der Waals surface area (Å²) in [6, 6.07) is 18.3. The summed E-state index contributed by atoms with van der Waals surface area (Å²) in [6.07, 6.45) is 7.66. The van der Waals surface area contributed by atoms with Crippen LogP contribution in [0.2, 0.25) is 0 Å². The topological polar surface area (TPSA) is 64.1 Å². The van der Waals surface area contributed by atoms with E-state index in [2.05, 4.69) is 22.2 Å². The Kier molecular flexibility index (Phi) is 6.94. The molecule has 5 nitrogen and oxygen atoms in total. The van der Waals surface area contributed by atoms with Crippen LogP contribution in [-0.2, 0) is 0 Å². The molecule has 1 aliphatic carbocycles. The van der Waals surface area contributed by atoms with Gasteiger partial charge in [0.05, 0.1) is 12.6 Å². The third-order valence-electron chi connectivity index (χ3n) is 7.44. The van der Waals surface area contributed by atoms with Crippen molar-refractivity contribution in [2.45, 2.75) is 44.6 Å². The number of hydrogen-bond acceptors (Lipinski definition) is 4. The molecule has 0 aliphatic heterocycles. The lowest BCUT2D eigenvalue weighted by Gasteiger charge is -2.33. The molecule has 36 heavy (non-hydrogen) atoms. The van der Waals surface area contributed by atoms with Gasteiger partial charge >= 0.3 is 0 Å². The molecule has 0 unspecified atom stereocenters. The second-order valence-electron chi connectivity index (χ2n) is 9.60. The summed E-state index contributed by atoms with van der Waals surface area (Å²) in [5, 5.41) is 4.12. The number of methoxy groups -OCH3 is 1. The third-order valence-corrected chi connectivity index (χ3v) is 7.44. The standard InChI is InChI=1S/C30H30FN3O2/c1-19(34-30(35)23-9-5-21(6-10-23)24-11-14-29(36-2)33-18-24)20-3-7-22(8-4-20)26-15-16-32-28-13-12-25(31)17-27(26)28/h5-6,9-20,22H,3-4,7-8H2,1-2H3,(H,34,35)/t19-,20-,22-/m1/s1. The molecule has 0 bridgehead atoms. The van der Waals surface area contributed by atoms with Crippen LogP contribution in [0.4, 0.5) is 4.39 Å². The van der Waals surface area contributed by atoms with Crippen molar-refractivity contribution in [3.05, 3.63) is 90.0 Å². The maximum absolute atomic E-state index is 13.9. The number of halogens is 1. The second kappa shape index (κ2) is 10.4. The molecule has 1 saturated carbocycles. The fraction of sp³-hybridized carbons (Fsp3) is 0.300. The number of amides is 1. The number of aromatic nitrogens is 2. The summed E-state index contributed by atoms with van der Waals surface area (Å²) in [5.74, 6) is 1.09. The van der Waals surface area contributed by atoms with Crippen LogP contribution in [0.5, 0.6) is 5.88 Å². The number of carbonyl (C=O) groups is 1. The first-order chi connectivity index (χ1) is 17.5. The van der Waals surface area contributed by atoms with Crippen molar-refractivity contribution in [3.8, 4) is 17.0 Å². The summed E-state index contributed by atoms with van der Waals surface area (Å²) in [6.45, 7) is 2.09. The maximum Gasteiger partial charge on any atom is 0.251 e. The zero-order valence-corrected chi connectivity index (χ0v) is 20.6. The van der Waals surface area contributed by atoms with Crippen molar-refractivity contribution in [2.24, 2.45) is 5.92 Å². The van der Waals surface area contributed by atoms with E-state index in [1.54, 1.807) is 25.4 Å². The number of carbonyl (C=O) groups excluding carboxylic acids is 1. The molecule has 1 atom stereocenters. The third kappa shape index (κ3) is 5.08. The Labute approximate surface area is 210 Å². The SMILES string of the molecule is COc1ccc(-c2ccc(C(=O)N[C@H](C)[C@H]3CC[C@H](c4ccnc5ccc(F)cc54)CC3)cc2)cn1. The van der Waals surface area contributed by atoms with Crippen LogP contribution in [0.3, 0.4) is 0 Å². The molecule has 2 aromatic carbocycles. The van der Waals surface area contributed by atoms with Crippen LogP contribution in [-0.4, -0.2) is 29.0 Å². The highest BCUT2D eigenvalue weighted by Gasteiger charge is 2.28. The lowest BCUT2D eigenvalue weighted by Crippen LogP contribution is -2.39. The predicted molar refractivity (Wildman–Crippen MR) is 140 cm³/mol. The van der Waals surface area contributed by atoms with Crippen molar-refractivity contribution in [2.75, 3.05) is 7.11 Å². The Morgan fingerprint density at radius 3 is 2.42 bits per heavy atom. The van der Waals surface area contributed by atoms with Crippen LogP contribution >= 0.6 is 0 Å². The van der Waals surface area contributed by atoms with Crippen molar-refractivity contribution in [1.29, 1.82) is 0 Å². The smallest absolute Gasteiger partial charge is 0.251 e. The Bertz CT molecular complexity index is 1350. The van der Waals surface area contributed by atoms with E-state index < -0.39 is 0 Å². The van der Waals surface area contributed by atoms with Gasteiger partial charge in [0.2, 0.25) is 5.88 Å². The number of ether oxygens (including phenoxy) is 1. The van der Waals surface area contributed by atoms with E-state index in [4.69, 9.17) is 4.74 Å². The lowest BCUT2D eigenvalue weighted by atomic mass is 9.75. The largest absolute Gasteiger partial charge is 0.481 e. The van der Waals surface area contributed by atoms with Gasteiger partial charge in [0.15, 0.2) is 0 Å². The van der Waals surface area contributed by atoms with Gasteiger partial charge in [-0.1, -0.05) is 12.1 Å². The van der Waals surface area contributed by atoms with E-state index in [0.717, 1.165) is 47.7 Å². The molecule has 184 valence electrons. The van der Waals surface area contributed by atoms with Gasteiger partial charge in [-0.3, -0.25) is 9.78 Å². The molecular weight excluding hydrogens is 453 g/mol. The van der Waals surface area contributed by atoms with Crippen molar-refractivity contribution in [1.82, 2.24) is 15.3 Å². The number of hydrogen-bond donors (Lipinski definition) is 1. The van der Waals surface area contributed by atoms with Crippen molar-refractivity contribution in [3.63, 3.8) is 0 Å². The van der Waals surface area contributed by atoms with Gasteiger partial charge in [-0.25, -0.2) is 9.37 Å². The minimum atomic E-state index is -0.226. The molecule has 1 amide bonds. The van der Waals surface area contributed by atoms with Crippen LogP contribution in [0.1, 0.15) is 54.4 Å². The van der Waals surface area contributed by atoms with Crippen LogP contribution in [0.15, 0.2) is 73.1 Å². The van der Waals surface area contributed by atoms with E-state index in [-0.39, 0.29) is 17.8 Å². The average molecular weight is 484 g/mol. The van der Waals surface area contributed by atoms with Gasteiger partial charge in [-0.05, 0) is 98.0 Å². The van der Waals surface area contributed by atoms with Crippen molar-refractivity contribution >= 4 is 16.8 Å². The predicted octanol–water partition coefficient (Wildman–Crippen LogP) is 6.54. The van der Waals surface area contributed by atoms with Gasteiger partial charge in [-0.2, -0.15) is 0 Å². The number of fused-ring (bicyclic) bond motifs is 1. The molecule has 2 heterocycles. The van der Waals surface area contributed by atoms with E-state index in [0.29, 0.717) is 23.3 Å². The Morgan fingerprint density at radius 2 is 1.72 bits per heavy atom. The molecule has 6 heteroatoms. The summed E-state index contributed by atoms with van der Waals surface area (Å²) >= 11 is 0. The normalized spacial score (nSPS) is 18.5. The summed E-state index contributed by atoms with van der Waals surface area (Å²) < 4.78 is 19.0. The number of nitrogens with zero attached hydrogens (tertiary/aromatic N) is 2. The molecule has 0 saturated heterocycles. The Hall–Kier alpha value is -3.80. The quantitative estimate of drug-likeness (QED) is 0.338. The monoisotopic (exact) mass is 483 g/mol. The average Bonchev–Trinajstić information content (AvgIpc) is 2.93. The molecule has 1 N–H and O–H groups in total. The van der Waals surface area contributed by atoms with E-state index in [1.165, 1.54) is 11.6 Å². The first kappa shape index (κ1) is 23.9. The molecule has 4 aromatic rings. The number of nitrogens with one attached hydrogen (secondary N) is 1. The molecule has 1 aliphatic rings. The second-order valence-corrected chi connectivity index (χ2v) is 9.60. The maximum atomic E-state index is 13.9. The molecule has 5 rings (SSSR count). The van der Waals surface area contributed by atoms with Crippen molar-refractivity contribution < 1.29 is 13.9 Å². The van der Waals surface area contributed by atoms with Gasteiger partial charge < -0.3 is 10.1 Å². The number of benzene rings is 2. The van der Waals surface area contributed by atoms with E-state index >= 15 is 0 Å². The van der Waals surface area contributed by atoms with Gasteiger partial charge in [-0.15, -0.1) is 0 Å². The van der Waals surface area contributed by atoms with Gasteiger partial charge in [0.25, 0.3) is 5.91 Å². The highest BCUT2D eigenvalue weighted by Crippen LogP contribution is 2.39. The summed E-state index contributed by atoms with van der Waals surface area (Å²) in [4.78, 5) is 21.5. The fourth-order valence-electron chi connectivity index (χ4n) is 5.32. The van der Waals surface area contributed by atoms with Gasteiger partial charge in [0.1, 0.15) is 5.82 Å². The minimum Gasteiger partial charge on any atom is -0.481 e. The van der Waals surface area contributed by atoms with Crippen LogP contribution in [0, 0.1) is 11.7 Å². The molecule has 1 fully saturated rings. The highest BCUT2D eigenvalue weighted by atomic mass is 19.1. The van der Waals surface area contributed by atoms with Gasteiger partial charge in [0, 0.05) is 41.0 Å². The van der Waals surface area contributed by atoms with Crippen LogP contribution in [0.25, 0.3) is 22.0 Å². The highest BCUT2D eigenvalue weighted by molar-refractivity contribution is 5.94. The van der Waals surface area contributed by atoms with E-state index in [9.17, 15) is 9.18 Å². The lowest BCUT2D eigenvalue weighted by molar-refractivity contribution is 0.0918. The molecule has 0 radical (unpaired) electrons.